The van der Waals surface area contributed by atoms with Crippen molar-refractivity contribution in [3.8, 4) is 0 Å². The topological polar surface area (TPSA) is 34.9 Å². The van der Waals surface area contributed by atoms with Gasteiger partial charge in [0.05, 0.1) is 5.69 Å². The van der Waals surface area contributed by atoms with Gasteiger partial charge in [-0.1, -0.05) is 25.3 Å². The van der Waals surface area contributed by atoms with E-state index in [1.165, 1.54) is 28.8 Å². The van der Waals surface area contributed by atoms with E-state index in [1.807, 2.05) is 29.7 Å². The van der Waals surface area contributed by atoms with Gasteiger partial charge < -0.3 is 0 Å². The van der Waals surface area contributed by atoms with Crippen LogP contribution in [0, 0.1) is 5.92 Å². The van der Waals surface area contributed by atoms with Crippen molar-refractivity contribution in [1.82, 2.24) is 9.78 Å². The summed E-state index contributed by atoms with van der Waals surface area (Å²) in [5.74, 6) is 0.318. The molecule has 104 valence electrons. The fourth-order valence-corrected chi connectivity index (χ4v) is 3.26. The standard InChI is InChI=1S/C16H18N2OS/c19-16(13-5-2-1-3-6-13)18-11-10-14(17-18)8-9-15-7-4-12-20-15/h4,7-13H,1-3,5-6H2/b9-8+. The summed E-state index contributed by atoms with van der Waals surface area (Å²) in [6.45, 7) is 0. The Hall–Kier alpha value is -1.68. The van der Waals surface area contributed by atoms with E-state index in [1.54, 1.807) is 17.5 Å². The van der Waals surface area contributed by atoms with Gasteiger partial charge in [-0.25, -0.2) is 4.68 Å². The summed E-state index contributed by atoms with van der Waals surface area (Å²) >= 11 is 1.69. The predicted molar refractivity (Wildman–Crippen MR) is 82.7 cm³/mol. The molecule has 2 aromatic heterocycles. The summed E-state index contributed by atoms with van der Waals surface area (Å²) in [6.07, 6.45) is 11.4. The quantitative estimate of drug-likeness (QED) is 0.841. The van der Waals surface area contributed by atoms with E-state index in [0.29, 0.717) is 0 Å². The van der Waals surface area contributed by atoms with E-state index in [9.17, 15) is 4.79 Å². The lowest BCUT2D eigenvalue weighted by atomic mass is 9.89. The number of rotatable bonds is 3. The maximum Gasteiger partial charge on any atom is 0.249 e. The molecular weight excluding hydrogens is 268 g/mol. The van der Waals surface area contributed by atoms with Crippen LogP contribution in [0.5, 0.6) is 0 Å². The van der Waals surface area contributed by atoms with E-state index < -0.39 is 0 Å². The second-order valence-electron chi connectivity index (χ2n) is 5.21. The third-order valence-electron chi connectivity index (χ3n) is 3.75. The highest BCUT2D eigenvalue weighted by Crippen LogP contribution is 2.25. The molecule has 0 atom stereocenters. The van der Waals surface area contributed by atoms with Crippen LogP contribution in [-0.4, -0.2) is 15.7 Å². The Balaban J connectivity index is 1.68. The van der Waals surface area contributed by atoms with E-state index in [0.717, 1.165) is 18.5 Å². The van der Waals surface area contributed by atoms with E-state index in [2.05, 4.69) is 11.2 Å². The largest absolute Gasteiger partial charge is 0.272 e. The van der Waals surface area contributed by atoms with Crippen molar-refractivity contribution in [3.63, 3.8) is 0 Å². The molecule has 3 nitrogen and oxygen atoms in total. The number of nitrogens with zero attached hydrogens (tertiary/aromatic N) is 2. The normalized spacial score (nSPS) is 16.8. The average molecular weight is 286 g/mol. The summed E-state index contributed by atoms with van der Waals surface area (Å²) in [6, 6.07) is 5.98. The molecule has 0 spiro atoms. The van der Waals surface area contributed by atoms with Crippen LogP contribution in [0.15, 0.2) is 29.8 Å². The van der Waals surface area contributed by atoms with Crippen molar-refractivity contribution >= 4 is 29.4 Å². The van der Waals surface area contributed by atoms with Crippen molar-refractivity contribution < 1.29 is 4.79 Å². The van der Waals surface area contributed by atoms with Crippen molar-refractivity contribution in [2.45, 2.75) is 32.1 Å². The minimum absolute atomic E-state index is 0.153. The zero-order chi connectivity index (χ0) is 13.8. The highest BCUT2D eigenvalue weighted by atomic mass is 32.1. The lowest BCUT2D eigenvalue weighted by molar-refractivity contribution is 0.0784. The molecule has 0 saturated heterocycles. The summed E-state index contributed by atoms with van der Waals surface area (Å²) in [7, 11) is 0. The van der Waals surface area contributed by atoms with Crippen molar-refractivity contribution in [2.24, 2.45) is 5.92 Å². The maximum absolute atomic E-state index is 12.3. The van der Waals surface area contributed by atoms with E-state index in [4.69, 9.17) is 0 Å². The average Bonchev–Trinajstić information content (AvgIpc) is 3.17. The van der Waals surface area contributed by atoms with Crippen LogP contribution in [0.2, 0.25) is 0 Å². The summed E-state index contributed by atoms with van der Waals surface area (Å²) in [5, 5.41) is 6.42. The van der Waals surface area contributed by atoms with Gasteiger partial charge >= 0.3 is 0 Å². The van der Waals surface area contributed by atoms with Crippen molar-refractivity contribution in [2.75, 3.05) is 0 Å². The molecule has 1 fully saturated rings. The summed E-state index contributed by atoms with van der Waals surface area (Å²) < 4.78 is 1.52. The first-order chi connectivity index (χ1) is 9.83. The first-order valence-corrected chi connectivity index (χ1v) is 8.02. The SMILES string of the molecule is O=C(C1CCCCC1)n1ccc(/C=C/c2cccs2)n1. The summed E-state index contributed by atoms with van der Waals surface area (Å²) in [5.41, 5.74) is 0.836. The Morgan fingerprint density at radius 3 is 2.85 bits per heavy atom. The maximum atomic E-state index is 12.3. The second-order valence-corrected chi connectivity index (χ2v) is 6.19. The molecule has 2 heterocycles. The number of carbonyl (C=O) groups excluding carboxylic acids is 1. The molecule has 1 aliphatic carbocycles. The van der Waals surface area contributed by atoms with Crippen LogP contribution in [-0.2, 0) is 0 Å². The van der Waals surface area contributed by atoms with Gasteiger partial charge in [0, 0.05) is 17.0 Å². The van der Waals surface area contributed by atoms with Gasteiger partial charge in [-0.2, -0.15) is 5.10 Å². The van der Waals surface area contributed by atoms with Crippen LogP contribution in [0.3, 0.4) is 0 Å². The molecule has 4 heteroatoms. The Kier molecular flexibility index (Phi) is 4.11. The number of hydrogen-bond donors (Lipinski definition) is 0. The third-order valence-corrected chi connectivity index (χ3v) is 4.59. The van der Waals surface area contributed by atoms with E-state index >= 15 is 0 Å². The minimum Gasteiger partial charge on any atom is -0.272 e. The number of thiophene rings is 1. The fourth-order valence-electron chi connectivity index (χ4n) is 2.64. The smallest absolute Gasteiger partial charge is 0.249 e. The van der Waals surface area contributed by atoms with Crippen LogP contribution >= 0.6 is 11.3 Å². The van der Waals surface area contributed by atoms with E-state index in [-0.39, 0.29) is 11.8 Å². The van der Waals surface area contributed by atoms with Gasteiger partial charge in [0.25, 0.3) is 0 Å². The fraction of sp³-hybridized carbons (Fsp3) is 0.375. The molecule has 0 aromatic carbocycles. The molecule has 1 saturated carbocycles. The number of hydrogen-bond acceptors (Lipinski definition) is 3. The highest BCUT2D eigenvalue weighted by molar-refractivity contribution is 7.10. The first kappa shape index (κ1) is 13.3. The second kappa shape index (κ2) is 6.18. The van der Waals surface area contributed by atoms with Crippen LogP contribution < -0.4 is 0 Å². The Morgan fingerprint density at radius 2 is 2.10 bits per heavy atom. The molecule has 0 amide bonds. The van der Waals surface area contributed by atoms with Gasteiger partial charge in [-0.15, -0.1) is 11.3 Å². The predicted octanol–water partition coefficient (Wildman–Crippen LogP) is 4.34. The van der Waals surface area contributed by atoms with Gasteiger partial charge in [-0.05, 0) is 42.5 Å². The van der Waals surface area contributed by atoms with Gasteiger partial charge in [-0.3, -0.25) is 4.79 Å². The van der Waals surface area contributed by atoms with Gasteiger partial charge in [0.1, 0.15) is 0 Å². The Morgan fingerprint density at radius 1 is 1.25 bits per heavy atom. The molecule has 2 aromatic rings. The lowest BCUT2D eigenvalue weighted by Gasteiger charge is -2.19. The van der Waals surface area contributed by atoms with Crippen molar-refractivity contribution in [3.05, 3.63) is 40.3 Å². The van der Waals surface area contributed by atoms with Gasteiger partial charge in [0.2, 0.25) is 5.91 Å². The minimum atomic E-state index is 0.153. The first-order valence-electron chi connectivity index (χ1n) is 7.14. The summed E-state index contributed by atoms with van der Waals surface area (Å²) in [4.78, 5) is 13.5. The monoisotopic (exact) mass is 286 g/mol. The molecule has 1 aliphatic rings. The van der Waals surface area contributed by atoms with Gasteiger partial charge in [0.15, 0.2) is 0 Å². The Labute approximate surface area is 122 Å². The zero-order valence-electron chi connectivity index (χ0n) is 11.4. The lowest BCUT2D eigenvalue weighted by Crippen LogP contribution is -2.24. The molecule has 0 aliphatic heterocycles. The highest BCUT2D eigenvalue weighted by Gasteiger charge is 2.22. The molecule has 0 N–H and O–H groups in total. The van der Waals surface area contributed by atoms with Crippen LogP contribution in [0.25, 0.3) is 12.2 Å². The van der Waals surface area contributed by atoms with Crippen LogP contribution in [0.1, 0.15) is 47.5 Å². The third kappa shape index (κ3) is 3.07. The number of aromatic nitrogens is 2. The molecule has 0 unspecified atom stereocenters. The Bertz CT molecular complexity index is 592. The molecular formula is C16H18N2OS. The molecule has 3 rings (SSSR count). The van der Waals surface area contributed by atoms with Crippen LogP contribution in [0.4, 0.5) is 0 Å². The van der Waals surface area contributed by atoms with Crippen molar-refractivity contribution in [1.29, 1.82) is 0 Å². The molecule has 20 heavy (non-hydrogen) atoms. The zero-order valence-corrected chi connectivity index (χ0v) is 12.2. The number of carbonyl (C=O) groups is 1. The molecule has 0 radical (unpaired) electrons. The molecule has 0 bridgehead atoms.